The van der Waals surface area contributed by atoms with Gasteiger partial charge in [0, 0.05) is 0 Å². The fourth-order valence-electron chi connectivity index (χ4n) is 1.93. The number of para-hydroxylation sites is 1. The van der Waals surface area contributed by atoms with Crippen LogP contribution in [0.5, 0.6) is 0 Å². The summed E-state index contributed by atoms with van der Waals surface area (Å²) in [6, 6.07) is 9.89. The molecule has 1 aromatic carbocycles. The molecular weight excluding hydrogens is 320 g/mol. The number of hydrogen-bond donors (Lipinski definition) is 2. The summed E-state index contributed by atoms with van der Waals surface area (Å²) >= 11 is 7.38. The minimum Gasteiger partial charge on any atom is -0.339 e. The van der Waals surface area contributed by atoms with Crippen LogP contribution in [0.2, 0.25) is 5.02 Å². The van der Waals surface area contributed by atoms with Crippen LogP contribution in [0.3, 0.4) is 0 Å². The van der Waals surface area contributed by atoms with Crippen LogP contribution in [-0.4, -0.2) is 17.9 Å². The van der Waals surface area contributed by atoms with E-state index < -0.39 is 6.04 Å². The molecule has 2 amide bonds. The fourth-order valence-corrected chi connectivity index (χ4v) is 2.74. The molecule has 0 saturated carbocycles. The van der Waals surface area contributed by atoms with E-state index in [-0.39, 0.29) is 17.7 Å². The molecule has 0 bridgehead atoms. The van der Waals surface area contributed by atoms with Crippen LogP contribution < -0.4 is 10.6 Å². The topological polar surface area (TPSA) is 58.2 Å². The lowest BCUT2D eigenvalue weighted by Gasteiger charge is -2.21. The van der Waals surface area contributed by atoms with Crippen molar-refractivity contribution in [1.82, 2.24) is 5.32 Å². The van der Waals surface area contributed by atoms with Gasteiger partial charge in [0.2, 0.25) is 5.91 Å². The van der Waals surface area contributed by atoms with Crippen LogP contribution in [0.1, 0.15) is 23.5 Å². The number of benzene rings is 1. The molecule has 0 spiro atoms. The summed E-state index contributed by atoms with van der Waals surface area (Å²) in [5.41, 5.74) is 0.533. The first kappa shape index (κ1) is 16.5. The van der Waals surface area contributed by atoms with E-state index in [0.717, 1.165) is 0 Å². The summed E-state index contributed by atoms with van der Waals surface area (Å²) in [5, 5.41) is 7.82. The molecule has 2 aromatic rings. The number of carbonyl (C=O) groups excluding carboxylic acids is 2. The monoisotopic (exact) mass is 336 g/mol. The summed E-state index contributed by atoms with van der Waals surface area (Å²) in [6.07, 6.45) is 0. The molecule has 0 fully saturated rings. The van der Waals surface area contributed by atoms with Gasteiger partial charge in [-0.1, -0.05) is 43.6 Å². The first-order chi connectivity index (χ1) is 10.5. The van der Waals surface area contributed by atoms with Crippen LogP contribution >= 0.6 is 22.9 Å². The minimum atomic E-state index is -0.633. The Labute approximate surface area is 138 Å². The third-order valence-corrected chi connectivity index (χ3v) is 4.31. The zero-order valence-electron chi connectivity index (χ0n) is 12.3. The second kappa shape index (κ2) is 7.42. The maximum Gasteiger partial charge on any atom is 0.262 e. The van der Waals surface area contributed by atoms with Crippen molar-refractivity contribution in [3.63, 3.8) is 0 Å². The molecule has 2 rings (SSSR count). The van der Waals surface area contributed by atoms with Gasteiger partial charge in [-0.05, 0) is 29.5 Å². The number of hydrogen-bond acceptors (Lipinski definition) is 3. The largest absolute Gasteiger partial charge is 0.339 e. The minimum absolute atomic E-state index is 0.0496. The van der Waals surface area contributed by atoms with Crippen molar-refractivity contribution in [2.75, 3.05) is 5.32 Å². The Morgan fingerprint density at radius 2 is 1.86 bits per heavy atom. The van der Waals surface area contributed by atoms with Gasteiger partial charge in [-0.2, -0.15) is 0 Å². The van der Waals surface area contributed by atoms with E-state index in [2.05, 4.69) is 10.6 Å². The van der Waals surface area contributed by atoms with Crippen molar-refractivity contribution in [1.29, 1.82) is 0 Å². The molecule has 0 aliphatic carbocycles. The molecule has 1 atom stereocenters. The molecule has 116 valence electrons. The molecule has 1 heterocycles. The van der Waals surface area contributed by atoms with Crippen molar-refractivity contribution < 1.29 is 9.59 Å². The average molecular weight is 337 g/mol. The summed E-state index contributed by atoms with van der Waals surface area (Å²) in [6.45, 7) is 3.76. The Morgan fingerprint density at radius 3 is 2.45 bits per heavy atom. The number of amides is 2. The van der Waals surface area contributed by atoms with Crippen molar-refractivity contribution in [2.45, 2.75) is 19.9 Å². The molecule has 0 aliphatic heterocycles. The second-order valence-electron chi connectivity index (χ2n) is 5.14. The smallest absolute Gasteiger partial charge is 0.262 e. The van der Waals surface area contributed by atoms with E-state index in [9.17, 15) is 9.59 Å². The average Bonchev–Trinajstić information content (AvgIpc) is 3.00. The first-order valence-electron chi connectivity index (χ1n) is 6.89. The lowest BCUT2D eigenvalue weighted by molar-refractivity contribution is -0.118. The van der Waals surface area contributed by atoms with E-state index in [4.69, 9.17) is 11.6 Å². The van der Waals surface area contributed by atoms with E-state index in [0.29, 0.717) is 15.6 Å². The van der Waals surface area contributed by atoms with Crippen LogP contribution in [0.15, 0.2) is 41.8 Å². The van der Waals surface area contributed by atoms with E-state index in [1.165, 1.54) is 11.3 Å². The summed E-state index contributed by atoms with van der Waals surface area (Å²) in [5.74, 6) is -0.581. The van der Waals surface area contributed by atoms with Crippen molar-refractivity contribution >= 4 is 40.4 Å². The standard InChI is InChI=1S/C16H17ClN2O2S/c1-10(2)14(19-15(20)13-8-5-9-22-13)16(21)18-12-7-4-3-6-11(12)17/h3-10,14H,1-2H3,(H,18,21)(H,19,20). The lowest BCUT2D eigenvalue weighted by atomic mass is 10.0. The number of anilines is 1. The predicted octanol–water partition coefficient (Wildman–Crippen LogP) is 3.79. The fraction of sp³-hybridized carbons (Fsp3) is 0.250. The highest BCUT2D eigenvalue weighted by molar-refractivity contribution is 7.12. The van der Waals surface area contributed by atoms with Gasteiger partial charge in [0.1, 0.15) is 6.04 Å². The van der Waals surface area contributed by atoms with E-state index in [1.807, 2.05) is 19.2 Å². The van der Waals surface area contributed by atoms with Crippen molar-refractivity contribution in [3.05, 3.63) is 51.7 Å². The van der Waals surface area contributed by atoms with Gasteiger partial charge in [0.05, 0.1) is 15.6 Å². The Bertz CT molecular complexity index is 656. The van der Waals surface area contributed by atoms with Crippen LogP contribution in [0, 0.1) is 5.92 Å². The van der Waals surface area contributed by atoms with Gasteiger partial charge in [-0.25, -0.2) is 0 Å². The number of thiophene rings is 1. The van der Waals surface area contributed by atoms with Gasteiger partial charge in [0.15, 0.2) is 0 Å². The van der Waals surface area contributed by atoms with Crippen LogP contribution in [0.25, 0.3) is 0 Å². The van der Waals surface area contributed by atoms with Gasteiger partial charge in [-0.3, -0.25) is 9.59 Å². The SMILES string of the molecule is CC(C)C(NC(=O)c1cccs1)C(=O)Nc1ccccc1Cl. The highest BCUT2D eigenvalue weighted by atomic mass is 35.5. The highest BCUT2D eigenvalue weighted by Gasteiger charge is 2.25. The summed E-state index contributed by atoms with van der Waals surface area (Å²) in [4.78, 5) is 25.1. The maximum atomic E-state index is 12.4. The van der Waals surface area contributed by atoms with Gasteiger partial charge in [0.25, 0.3) is 5.91 Å². The molecule has 22 heavy (non-hydrogen) atoms. The third kappa shape index (κ3) is 4.08. The Balaban J connectivity index is 2.09. The number of halogens is 1. The molecule has 4 nitrogen and oxygen atoms in total. The Hall–Kier alpha value is -1.85. The Morgan fingerprint density at radius 1 is 1.14 bits per heavy atom. The number of carbonyl (C=O) groups is 2. The summed E-state index contributed by atoms with van der Waals surface area (Å²) < 4.78 is 0. The van der Waals surface area contributed by atoms with E-state index >= 15 is 0 Å². The Kier molecular flexibility index (Phi) is 5.57. The summed E-state index contributed by atoms with van der Waals surface area (Å²) in [7, 11) is 0. The molecular formula is C16H17ClN2O2S. The normalized spacial score (nSPS) is 12.0. The molecule has 2 N–H and O–H groups in total. The highest BCUT2D eigenvalue weighted by Crippen LogP contribution is 2.21. The van der Waals surface area contributed by atoms with Crippen LogP contribution in [-0.2, 0) is 4.79 Å². The van der Waals surface area contributed by atoms with Gasteiger partial charge >= 0.3 is 0 Å². The second-order valence-corrected chi connectivity index (χ2v) is 6.50. The van der Waals surface area contributed by atoms with Crippen molar-refractivity contribution in [2.24, 2.45) is 5.92 Å². The number of nitrogens with one attached hydrogen (secondary N) is 2. The quantitative estimate of drug-likeness (QED) is 0.872. The number of rotatable bonds is 5. The third-order valence-electron chi connectivity index (χ3n) is 3.11. The zero-order chi connectivity index (χ0) is 16.1. The molecule has 6 heteroatoms. The van der Waals surface area contributed by atoms with Gasteiger partial charge < -0.3 is 10.6 Å². The van der Waals surface area contributed by atoms with Crippen molar-refractivity contribution in [3.8, 4) is 0 Å². The maximum absolute atomic E-state index is 12.4. The lowest BCUT2D eigenvalue weighted by Crippen LogP contribution is -2.47. The first-order valence-corrected chi connectivity index (χ1v) is 8.14. The predicted molar refractivity (Wildman–Crippen MR) is 90.5 cm³/mol. The molecule has 1 aromatic heterocycles. The molecule has 1 unspecified atom stereocenters. The molecule has 0 aliphatic rings. The molecule has 0 saturated heterocycles. The molecule has 0 radical (unpaired) electrons. The van der Waals surface area contributed by atoms with Gasteiger partial charge in [-0.15, -0.1) is 11.3 Å². The zero-order valence-corrected chi connectivity index (χ0v) is 13.9. The van der Waals surface area contributed by atoms with Crippen LogP contribution in [0.4, 0.5) is 5.69 Å². The van der Waals surface area contributed by atoms with E-state index in [1.54, 1.807) is 36.4 Å².